The molecule has 3 rings (SSSR count). The maximum atomic E-state index is 12.5. The number of fused-ring (bicyclic) bond motifs is 1. The van der Waals surface area contributed by atoms with Crippen LogP contribution in [-0.4, -0.2) is 38.0 Å². The van der Waals surface area contributed by atoms with E-state index in [4.69, 9.17) is 0 Å². The van der Waals surface area contributed by atoms with E-state index < -0.39 is 9.84 Å². The van der Waals surface area contributed by atoms with Crippen LogP contribution in [0, 0.1) is 0 Å². The summed E-state index contributed by atoms with van der Waals surface area (Å²) in [7, 11) is -0.261. The monoisotopic (exact) mass is 354 g/mol. The first-order valence-electron chi connectivity index (χ1n) is 7.70. The highest BCUT2D eigenvalue weighted by atomic mass is 32.2. The van der Waals surface area contributed by atoms with Gasteiger partial charge in [-0.15, -0.1) is 0 Å². The van der Waals surface area contributed by atoms with Crippen molar-refractivity contribution in [3.8, 4) is 0 Å². The molecule has 1 amide bonds. The second kappa shape index (κ2) is 6.57. The minimum atomic E-state index is -3.58. The van der Waals surface area contributed by atoms with Crippen LogP contribution >= 0.6 is 0 Å². The van der Waals surface area contributed by atoms with Crippen LogP contribution in [0.3, 0.4) is 0 Å². The van der Waals surface area contributed by atoms with Crippen molar-refractivity contribution in [2.24, 2.45) is 0 Å². The first kappa shape index (κ1) is 17.0. The number of hydrogen-bond donors (Lipinski definition) is 0. The number of para-hydroxylation sites is 1. The molecule has 2 aromatic carbocycles. The predicted octanol–water partition coefficient (Wildman–Crippen LogP) is 3.62. The highest BCUT2D eigenvalue weighted by Crippen LogP contribution is 2.22. The van der Waals surface area contributed by atoms with Crippen molar-refractivity contribution in [1.29, 1.82) is 0 Å². The summed E-state index contributed by atoms with van der Waals surface area (Å²) in [5.41, 5.74) is 1.25. The molecule has 5 nitrogen and oxygen atoms in total. The van der Waals surface area contributed by atoms with Crippen LogP contribution in [-0.2, 0) is 9.84 Å². The number of benzene rings is 2. The maximum absolute atomic E-state index is 12.5. The van der Waals surface area contributed by atoms with Crippen molar-refractivity contribution >= 4 is 32.8 Å². The van der Waals surface area contributed by atoms with Crippen molar-refractivity contribution in [3.05, 3.63) is 71.8 Å². The molecule has 0 N–H and O–H groups in total. The fourth-order valence-electron chi connectivity index (χ4n) is 2.56. The number of amides is 1. The molecular formula is C19H18N2O3S. The lowest BCUT2D eigenvalue weighted by molar-refractivity contribution is 0.220. The molecule has 0 fully saturated rings. The highest BCUT2D eigenvalue weighted by Gasteiger charge is 2.16. The van der Waals surface area contributed by atoms with Crippen molar-refractivity contribution < 1.29 is 13.2 Å². The SMILES string of the molecule is CN(C)C(=O)n1c(/C=C/S(=O)(=O)c2ccccc2)cc2ccccc21. The third kappa shape index (κ3) is 3.34. The molecule has 0 aliphatic heterocycles. The quantitative estimate of drug-likeness (QED) is 0.722. The molecule has 1 aromatic heterocycles. The molecule has 3 aromatic rings. The lowest BCUT2D eigenvalue weighted by Crippen LogP contribution is -2.27. The Labute approximate surface area is 146 Å². The number of hydrogen-bond acceptors (Lipinski definition) is 3. The summed E-state index contributed by atoms with van der Waals surface area (Å²) in [5.74, 6) is 0. The molecule has 0 saturated carbocycles. The first-order valence-corrected chi connectivity index (χ1v) is 9.25. The van der Waals surface area contributed by atoms with Gasteiger partial charge >= 0.3 is 6.03 Å². The van der Waals surface area contributed by atoms with E-state index in [1.165, 1.54) is 15.5 Å². The Morgan fingerprint density at radius 2 is 1.64 bits per heavy atom. The van der Waals surface area contributed by atoms with Gasteiger partial charge in [-0.3, -0.25) is 4.57 Å². The Morgan fingerprint density at radius 1 is 1.00 bits per heavy atom. The molecule has 0 aliphatic carbocycles. The second-order valence-electron chi connectivity index (χ2n) is 5.80. The smallest absolute Gasteiger partial charge is 0.328 e. The summed E-state index contributed by atoms with van der Waals surface area (Å²) < 4.78 is 26.4. The molecule has 6 heteroatoms. The summed E-state index contributed by atoms with van der Waals surface area (Å²) in [5, 5.41) is 2.00. The Balaban J connectivity index is 2.10. The van der Waals surface area contributed by atoms with E-state index in [2.05, 4.69) is 0 Å². The van der Waals surface area contributed by atoms with Gasteiger partial charge in [0.2, 0.25) is 0 Å². The van der Waals surface area contributed by atoms with Gasteiger partial charge in [-0.25, -0.2) is 13.2 Å². The molecule has 1 heterocycles. The number of rotatable bonds is 3. The van der Waals surface area contributed by atoms with Crippen LogP contribution in [0.25, 0.3) is 17.0 Å². The van der Waals surface area contributed by atoms with Crippen LogP contribution in [0.2, 0.25) is 0 Å². The van der Waals surface area contributed by atoms with Gasteiger partial charge in [0, 0.05) is 24.9 Å². The average molecular weight is 354 g/mol. The van der Waals surface area contributed by atoms with Crippen molar-refractivity contribution in [1.82, 2.24) is 9.47 Å². The Hall–Kier alpha value is -2.86. The van der Waals surface area contributed by atoms with E-state index in [0.29, 0.717) is 5.69 Å². The van der Waals surface area contributed by atoms with E-state index in [1.54, 1.807) is 50.5 Å². The summed E-state index contributed by atoms with van der Waals surface area (Å²) in [6.07, 6.45) is 1.46. The van der Waals surface area contributed by atoms with Crippen LogP contribution in [0.15, 0.2) is 71.0 Å². The number of carbonyl (C=O) groups excluding carboxylic acids is 1. The number of carbonyl (C=O) groups is 1. The summed E-state index contributed by atoms with van der Waals surface area (Å²) >= 11 is 0. The Kier molecular flexibility index (Phi) is 4.46. The molecule has 0 atom stereocenters. The van der Waals surface area contributed by atoms with Gasteiger partial charge in [0.1, 0.15) is 0 Å². The molecule has 25 heavy (non-hydrogen) atoms. The van der Waals surface area contributed by atoms with Gasteiger partial charge in [0.15, 0.2) is 9.84 Å². The minimum absolute atomic E-state index is 0.216. The summed E-state index contributed by atoms with van der Waals surface area (Å²) in [6.45, 7) is 0. The van der Waals surface area contributed by atoms with Crippen molar-refractivity contribution in [3.63, 3.8) is 0 Å². The molecule has 0 spiro atoms. The third-order valence-electron chi connectivity index (χ3n) is 3.80. The van der Waals surface area contributed by atoms with Gasteiger partial charge in [0.25, 0.3) is 0 Å². The average Bonchev–Trinajstić information content (AvgIpc) is 2.98. The minimum Gasteiger partial charge on any atom is -0.330 e. The normalized spacial score (nSPS) is 11.9. The van der Waals surface area contributed by atoms with E-state index in [0.717, 1.165) is 16.3 Å². The molecule has 0 radical (unpaired) electrons. The van der Waals surface area contributed by atoms with Crippen LogP contribution in [0.5, 0.6) is 0 Å². The van der Waals surface area contributed by atoms with Gasteiger partial charge in [-0.2, -0.15) is 0 Å². The summed E-state index contributed by atoms with van der Waals surface area (Å²) in [4.78, 5) is 14.2. The van der Waals surface area contributed by atoms with Crippen LogP contribution < -0.4 is 0 Å². The van der Waals surface area contributed by atoms with Crippen molar-refractivity contribution in [2.75, 3.05) is 14.1 Å². The standard InChI is InChI=1S/C19H18N2O3S/c1-20(2)19(22)21-16(14-15-8-6-7-11-18(15)21)12-13-25(23,24)17-9-4-3-5-10-17/h3-14H,1-2H3/b13-12+. The predicted molar refractivity (Wildman–Crippen MR) is 99.1 cm³/mol. The van der Waals surface area contributed by atoms with E-state index in [9.17, 15) is 13.2 Å². The van der Waals surface area contributed by atoms with Gasteiger partial charge in [-0.05, 0) is 30.3 Å². The number of aromatic nitrogens is 1. The van der Waals surface area contributed by atoms with Gasteiger partial charge < -0.3 is 4.90 Å². The molecule has 0 aliphatic rings. The topological polar surface area (TPSA) is 59.4 Å². The maximum Gasteiger partial charge on any atom is 0.328 e. The highest BCUT2D eigenvalue weighted by molar-refractivity contribution is 7.94. The van der Waals surface area contributed by atoms with E-state index in [1.807, 2.05) is 24.3 Å². The van der Waals surface area contributed by atoms with Gasteiger partial charge in [-0.1, -0.05) is 36.4 Å². The largest absolute Gasteiger partial charge is 0.330 e. The second-order valence-corrected chi connectivity index (χ2v) is 7.63. The number of nitrogens with zero attached hydrogens (tertiary/aromatic N) is 2. The summed E-state index contributed by atoms with van der Waals surface area (Å²) in [6, 6.07) is 17.2. The zero-order valence-corrected chi connectivity index (χ0v) is 14.8. The molecular weight excluding hydrogens is 336 g/mol. The lowest BCUT2D eigenvalue weighted by Gasteiger charge is -2.13. The third-order valence-corrected chi connectivity index (χ3v) is 5.23. The van der Waals surface area contributed by atoms with E-state index >= 15 is 0 Å². The van der Waals surface area contributed by atoms with E-state index in [-0.39, 0.29) is 10.9 Å². The first-order chi connectivity index (χ1) is 11.9. The van der Waals surface area contributed by atoms with Crippen LogP contribution in [0.4, 0.5) is 4.79 Å². The fourth-order valence-corrected chi connectivity index (χ4v) is 3.57. The molecule has 0 saturated heterocycles. The Morgan fingerprint density at radius 3 is 2.32 bits per heavy atom. The Bertz CT molecular complexity index is 1050. The zero-order valence-electron chi connectivity index (χ0n) is 14.0. The molecule has 0 bridgehead atoms. The zero-order chi connectivity index (χ0) is 18.0. The fraction of sp³-hybridized carbons (Fsp3) is 0.105. The molecule has 0 unspecified atom stereocenters. The van der Waals surface area contributed by atoms with Gasteiger partial charge in [0.05, 0.1) is 16.1 Å². The van der Waals surface area contributed by atoms with Crippen LogP contribution in [0.1, 0.15) is 5.69 Å². The lowest BCUT2D eigenvalue weighted by atomic mass is 10.2. The number of sulfone groups is 1. The van der Waals surface area contributed by atoms with Crippen molar-refractivity contribution in [2.45, 2.75) is 4.90 Å². The molecule has 128 valence electrons.